The number of nitro benzene ring substituents is 1. The second kappa shape index (κ2) is 7.14. The lowest BCUT2D eigenvalue weighted by molar-refractivity contribution is -0.384. The standard InChI is InChI=1S/C17H13ClN4O3/c18-13-7-8-21-11-14(20-16(21)9-13)10-19-17(23)6-3-12-1-4-15(5-2-12)22(24)25/h1-9,11H,10H2,(H,19,23)/b6-3+. The topological polar surface area (TPSA) is 89.5 Å². The third-order valence-electron chi connectivity index (χ3n) is 3.45. The molecule has 2 heterocycles. The van der Waals surface area contributed by atoms with Crippen LogP contribution >= 0.6 is 11.6 Å². The molecule has 2 aromatic heterocycles. The van der Waals surface area contributed by atoms with Gasteiger partial charge in [0.2, 0.25) is 5.91 Å². The van der Waals surface area contributed by atoms with Crippen molar-refractivity contribution in [2.45, 2.75) is 6.54 Å². The molecule has 8 heteroatoms. The van der Waals surface area contributed by atoms with E-state index >= 15 is 0 Å². The third kappa shape index (κ3) is 4.21. The lowest BCUT2D eigenvalue weighted by Gasteiger charge is -1.98. The Morgan fingerprint density at radius 2 is 2.08 bits per heavy atom. The van der Waals surface area contributed by atoms with E-state index in [1.807, 2.05) is 10.6 Å². The fraction of sp³-hybridized carbons (Fsp3) is 0.0588. The van der Waals surface area contributed by atoms with E-state index in [2.05, 4.69) is 10.3 Å². The number of hydrogen-bond donors (Lipinski definition) is 1. The van der Waals surface area contributed by atoms with Gasteiger partial charge in [-0.15, -0.1) is 0 Å². The van der Waals surface area contributed by atoms with Crippen molar-refractivity contribution in [1.82, 2.24) is 14.7 Å². The van der Waals surface area contributed by atoms with Crippen molar-refractivity contribution in [3.63, 3.8) is 0 Å². The molecule has 7 nitrogen and oxygen atoms in total. The molecule has 0 saturated heterocycles. The smallest absolute Gasteiger partial charge is 0.269 e. The summed E-state index contributed by atoms with van der Waals surface area (Å²) in [6, 6.07) is 9.42. The van der Waals surface area contributed by atoms with E-state index in [9.17, 15) is 14.9 Å². The lowest BCUT2D eigenvalue weighted by Crippen LogP contribution is -2.20. The van der Waals surface area contributed by atoms with Gasteiger partial charge < -0.3 is 9.72 Å². The Morgan fingerprint density at radius 1 is 1.32 bits per heavy atom. The van der Waals surface area contributed by atoms with Crippen molar-refractivity contribution in [2.24, 2.45) is 0 Å². The molecule has 1 N–H and O–H groups in total. The predicted octanol–water partition coefficient (Wildman–Crippen LogP) is 3.23. The van der Waals surface area contributed by atoms with Gasteiger partial charge in [-0.05, 0) is 35.9 Å². The maximum Gasteiger partial charge on any atom is 0.269 e. The molecule has 3 rings (SSSR count). The summed E-state index contributed by atoms with van der Waals surface area (Å²) in [5.41, 5.74) is 2.12. The Balaban J connectivity index is 1.58. The molecule has 0 atom stereocenters. The van der Waals surface area contributed by atoms with Gasteiger partial charge in [0.05, 0.1) is 17.2 Å². The van der Waals surface area contributed by atoms with Crippen LogP contribution in [-0.4, -0.2) is 20.2 Å². The van der Waals surface area contributed by atoms with Gasteiger partial charge >= 0.3 is 0 Å². The zero-order valence-electron chi connectivity index (χ0n) is 12.9. The molecular weight excluding hydrogens is 344 g/mol. The molecule has 0 spiro atoms. The van der Waals surface area contributed by atoms with Gasteiger partial charge in [0.1, 0.15) is 5.65 Å². The number of aromatic nitrogens is 2. The van der Waals surface area contributed by atoms with Crippen LogP contribution in [0.4, 0.5) is 5.69 Å². The summed E-state index contributed by atoms with van der Waals surface area (Å²) >= 11 is 5.91. The van der Waals surface area contributed by atoms with Gasteiger partial charge in [0, 0.05) is 35.6 Å². The molecule has 25 heavy (non-hydrogen) atoms. The molecular formula is C17H13ClN4O3. The summed E-state index contributed by atoms with van der Waals surface area (Å²) < 4.78 is 1.82. The normalized spacial score (nSPS) is 11.1. The highest BCUT2D eigenvalue weighted by atomic mass is 35.5. The molecule has 126 valence electrons. The summed E-state index contributed by atoms with van der Waals surface area (Å²) in [5.74, 6) is -0.284. The zero-order valence-corrected chi connectivity index (χ0v) is 13.7. The molecule has 0 saturated carbocycles. The number of pyridine rings is 1. The number of carbonyl (C=O) groups excluding carboxylic acids is 1. The average molecular weight is 357 g/mol. The highest BCUT2D eigenvalue weighted by Crippen LogP contribution is 2.13. The van der Waals surface area contributed by atoms with Crippen molar-refractivity contribution >= 4 is 34.9 Å². The SMILES string of the molecule is O=C(/C=C/c1ccc([N+](=O)[O-])cc1)NCc1cn2ccc(Cl)cc2n1. The van der Waals surface area contributed by atoms with Crippen molar-refractivity contribution < 1.29 is 9.72 Å². The quantitative estimate of drug-likeness (QED) is 0.432. The van der Waals surface area contributed by atoms with E-state index in [4.69, 9.17) is 11.6 Å². The van der Waals surface area contributed by atoms with E-state index < -0.39 is 4.92 Å². The van der Waals surface area contributed by atoms with E-state index in [1.165, 1.54) is 18.2 Å². The number of nitrogens with one attached hydrogen (secondary N) is 1. The number of benzene rings is 1. The van der Waals surface area contributed by atoms with E-state index in [0.29, 0.717) is 21.9 Å². The van der Waals surface area contributed by atoms with Crippen molar-refractivity contribution in [1.29, 1.82) is 0 Å². The monoisotopic (exact) mass is 356 g/mol. The Hall–Kier alpha value is -3.19. The van der Waals surface area contributed by atoms with Gasteiger partial charge in [-0.25, -0.2) is 4.98 Å². The Bertz CT molecular complexity index is 964. The first kappa shape index (κ1) is 16.7. The molecule has 0 fully saturated rings. The van der Waals surface area contributed by atoms with Crippen LogP contribution < -0.4 is 5.32 Å². The van der Waals surface area contributed by atoms with Gasteiger partial charge in [0.25, 0.3) is 5.69 Å². The number of imidazole rings is 1. The minimum absolute atomic E-state index is 0.00792. The first-order chi connectivity index (χ1) is 12.0. The Kier molecular flexibility index (Phi) is 4.76. The average Bonchev–Trinajstić information content (AvgIpc) is 3.00. The molecule has 0 unspecified atom stereocenters. The minimum atomic E-state index is -0.470. The van der Waals surface area contributed by atoms with Crippen LogP contribution in [0.15, 0.2) is 54.9 Å². The number of nitrogens with zero attached hydrogens (tertiary/aromatic N) is 3. The maximum atomic E-state index is 11.9. The summed E-state index contributed by atoms with van der Waals surface area (Å²) in [5, 5.41) is 13.9. The van der Waals surface area contributed by atoms with Crippen LogP contribution in [0.2, 0.25) is 5.02 Å². The Morgan fingerprint density at radius 3 is 2.80 bits per heavy atom. The second-order valence-electron chi connectivity index (χ2n) is 5.24. The zero-order chi connectivity index (χ0) is 17.8. The molecule has 1 amide bonds. The molecule has 0 radical (unpaired) electrons. The third-order valence-corrected chi connectivity index (χ3v) is 3.68. The number of halogens is 1. The van der Waals surface area contributed by atoms with E-state index in [-0.39, 0.29) is 18.1 Å². The molecule has 3 aromatic rings. The van der Waals surface area contributed by atoms with Crippen LogP contribution in [0.25, 0.3) is 11.7 Å². The van der Waals surface area contributed by atoms with Gasteiger partial charge in [-0.3, -0.25) is 14.9 Å². The summed E-state index contributed by atoms with van der Waals surface area (Å²) in [4.78, 5) is 26.4. The van der Waals surface area contributed by atoms with Crippen LogP contribution in [0.5, 0.6) is 0 Å². The number of nitro groups is 1. The second-order valence-corrected chi connectivity index (χ2v) is 5.68. The van der Waals surface area contributed by atoms with Gasteiger partial charge in [-0.2, -0.15) is 0 Å². The summed E-state index contributed by atoms with van der Waals surface area (Å²) in [7, 11) is 0. The minimum Gasteiger partial charge on any atom is -0.347 e. The van der Waals surface area contributed by atoms with Gasteiger partial charge in [-0.1, -0.05) is 11.6 Å². The van der Waals surface area contributed by atoms with Crippen LogP contribution in [0, 0.1) is 10.1 Å². The lowest BCUT2D eigenvalue weighted by atomic mass is 10.2. The fourth-order valence-electron chi connectivity index (χ4n) is 2.21. The molecule has 0 aliphatic carbocycles. The first-order valence-electron chi connectivity index (χ1n) is 7.35. The predicted molar refractivity (Wildman–Crippen MR) is 94.2 cm³/mol. The van der Waals surface area contributed by atoms with Crippen LogP contribution in [0.1, 0.15) is 11.3 Å². The Labute approximate surface area is 147 Å². The number of carbonyl (C=O) groups is 1. The number of hydrogen-bond acceptors (Lipinski definition) is 4. The fourth-order valence-corrected chi connectivity index (χ4v) is 2.36. The van der Waals surface area contributed by atoms with Crippen molar-refractivity contribution in [3.05, 3.63) is 81.3 Å². The first-order valence-corrected chi connectivity index (χ1v) is 7.72. The number of fused-ring (bicyclic) bond motifs is 1. The van der Waals surface area contributed by atoms with E-state index in [0.717, 1.165) is 0 Å². The summed E-state index contributed by atoms with van der Waals surface area (Å²) in [6.45, 7) is 0.280. The number of amides is 1. The number of rotatable bonds is 5. The maximum absolute atomic E-state index is 11.9. The van der Waals surface area contributed by atoms with Crippen molar-refractivity contribution in [2.75, 3.05) is 0 Å². The summed E-state index contributed by atoms with van der Waals surface area (Å²) in [6.07, 6.45) is 6.56. The van der Waals surface area contributed by atoms with E-state index in [1.54, 1.807) is 36.5 Å². The highest BCUT2D eigenvalue weighted by molar-refractivity contribution is 6.30. The molecule has 1 aromatic carbocycles. The largest absolute Gasteiger partial charge is 0.347 e. The van der Waals surface area contributed by atoms with Crippen molar-refractivity contribution in [3.8, 4) is 0 Å². The van der Waals surface area contributed by atoms with Gasteiger partial charge in [0.15, 0.2) is 0 Å². The molecule has 0 bridgehead atoms. The molecule has 0 aliphatic heterocycles. The van der Waals surface area contributed by atoms with Crippen LogP contribution in [0.3, 0.4) is 0 Å². The van der Waals surface area contributed by atoms with Crippen LogP contribution in [-0.2, 0) is 11.3 Å². The number of non-ortho nitro benzene ring substituents is 1. The molecule has 0 aliphatic rings. The highest BCUT2D eigenvalue weighted by Gasteiger charge is 2.04.